The highest BCUT2D eigenvalue weighted by Crippen LogP contribution is 2.17. The van der Waals surface area contributed by atoms with Crippen molar-refractivity contribution in [3.8, 4) is 0 Å². The molecule has 0 aromatic carbocycles. The van der Waals surface area contributed by atoms with Crippen LogP contribution in [0.2, 0.25) is 0 Å². The Morgan fingerprint density at radius 3 is 0.845 bits per heavy atom. The predicted octanol–water partition coefficient (Wildman–Crippen LogP) is 16.5. The highest BCUT2D eigenvalue weighted by molar-refractivity contribution is 5.71. The van der Waals surface area contributed by atoms with Crippen LogP contribution in [0.5, 0.6) is 0 Å². The summed E-state index contributed by atoms with van der Waals surface area (Å²) in [5.41, 5.74) is 0. The number of unbranched alkanes of at least 4 members (excludes halogenated alkanes) is 31. The summed E-state index contributed by atoms with van der Waals surface area (Å²) in [6.45, 7) is 11.4. The lowest BCUT2D eigenvalue weighted by atomic mass is 10.0. The van der Waals surface area contributed by atoms with Crippen molar-refractivity contribution in [1.29, 1.82) is 0 Å². The zero-order valence-electron chi connectivity index (χ0n) is 39.7. The molecule has 0 unspecified atom stereocenters. The first-order valence-corrected chi connectivity index (χ1v) is 25.7. The Hall–Kier alpha value is -1.59. The minimum absolute atomic E-state index is 0.0637. The van der Waals surface area contributed by atoms with E-state index in [0.717, 1.165) is 69.6 Å². The molecule has 0 amide bonds. The van der Waals surface area contributed by atoms with Crippen LogP contribution in [0.15, 0.2) is 0 Å². The van der Waals surface area contributed by atoms with Crippen LogP contribution < -0.4 is 0 Å². The lowest BCUT2D eigenvalue weighted by molar-refractivity contribution is -0.167. The van der Waals surface area contributed by atoms with Crippen LogP contribution >= 0.6 is 0 Å². The summed E-state index contributed by atoms with van der Waals surface area (Å²) in [5.74, 6) is 0.817. The van der Waals surface area contributed by atoms with Gasteiger partial charge in [0.05, 0.1) is 0 Å². The Morgan fingerprint density at radius 1 is 0.328 bits per heavy atom. The van der Waals surface area contributed by atoms with Crippen LogP contribution in [0.25, 0.3) is 0 Å². The molecule has 0 saturated carbocycles. The van der Waals surface area contributed by atoms with E-state index in [1.54, 1.807) is 0 Å². The lowest BCUT2D eigenvalue weighted by Crippen LogP contribution is -2.30. The summed E-state index contributed by atoms with van der Waals surface area (Å²) in [6, 6.07) is 0. The smallest absolute Gasteiger partial charge is 0.306 e. The molecule has 0 heterocycles. The van der Waals surface area contributed by atoms with E-state index < -0.39 is 6.10 Å². The maximum absolute atomic E-state index is 12.7. The first-order valence-electron chi connectivity index (χ1n) is 25.7. The SMILES string of the molecule is CCCCCCCCCCCCC(=O)O[C@@H](COC(=O)CCCCCCCCCCCCCCCC(C)C)COC(=O)CCCCCCCCCCCCCC(C)C. The average Bonchev–Trinajstić information content (AvgIpc) is 3.19. The van der Waals surface area contributed by atoms with E-state index in [1.807, 2.05) is 0 Å². The van der Waals surface area contributed by atoms with Gasteiger partial charge in [-0.3, -0.25) is 14.4 Å². The molecule has 0 rings (SSSR count). The van der Waals surface area contributed by atoms with Gasteiger partial charge in [0, 0.05) is 19.3 Å². The summed E-state index contributed by atoms with van der Waals surface area (Å²) in [6.07, 6.45) is 45.2. The monoisotopic (exact) mass is 821 g/mol. The van der Waals surface area contributed by atoms with E-state index in [9.17, 15) is 14.4 Å². The van der Waals surface area contributed by atoms with E-state index in [2.05, 4.69) is 34.6 Å². The highest BCUT2D eigenvalue weighted by atomic mass is 16.6. The van der Waals surface area contributed by atoms with Gasteiger partial charge in [0.1, 0.15) is 13.2 Å². The van der Waals surface area contributed by atoms with Crippen molar-refractivity contribution >= 4 is 17.9 Å². The van der Waals surface area contributed by atoms with Gasteiger partial charge >= 0.3 is 17.9 Å². The van der Waals surface area contributed by atoms with Gasteiger partial charge in [-0.2, -0.15) is 0 Å². The molecule has 0 radical (unpaired) electrons. The van der Waals surface area contributed by atoms with E-state index in [1.165, 1.54) is 173 Å². The van der Waals surface area contributed by atoms with Gasteiger partial charge in [0.2, 0.25) is 0 Å². The third-order valence-electron chi connectivity index (χ3n) is 11.7. The quantitative estimate of drug-likeness (QED) is 0.0346. The Bertz CT molecular complexity index is 885. The first-order chi connectivity index (χ1) is 28.2. The molecule has 0 spiro atoms. The normalized spacial score (nSPS) is 12.1. The number of rotatable bonds is 46. The lowest BCUT2D eigenvalue weighted by Gasteiger charge is -2.18. The Balaban J connectivity index is 4.27. The van der Waals surface area contributed by atoms with Crippen molar-refractivity contribution in [3.05, 3.63) is 0 Å². The molecule has 0 aromatic rings. The van der Waals surface area contributed by atoms with Gasteiger partial charge in [0.25, 0.3) is 0 Å². The fourth-order valence-electron chi connectivity index (χ4n) is 7.81. The van der Waals surface area contributed by atoms with Crippen molar-refractivity contribution in [2.24, 2.45) is 11.8 Å². The molecular formula is C52H100O6. The van der Waals surface area contributed by atoms with Crippen molar-refractivity contribution in [3.63, 3.8) is 0 Å². The fourth-order valence-corrected chi connectivity index (χ4v) is 7.81. The minimum atomic E-state index is -0.761. The second-order valence-electron chi connectivity index (χ2n) is 18.8. The molecular weight excluding hydrogens is 721 g/mol. The standard InChI is InChI=1S/C52H100O6/c1-6-7-8-9-10-11-22-29-34-39-44-52(55)58-49(46-57-51(54)43-38-33-28-24-19-15-17-21-26-31-36-41-48(4)5)45-56-50(53)42-37-32-27-23-18-14-12-13-16-20-25-30-35-40-47(2)3/h47-49H,6-46H2,1-5H3/t49-/m0/s1. The second-order valence-corrected chi connectivity index (χ2v) is 18.8. The van der Waals surface area contributed by atoms with E-state index in [0.29, 0.717) is 19.3 Å². The Kier molecular flexibility index (Phi) is 43.7. The van der Waals surface area contributed by atoms with Gasteiger partial charge in [-0.15, -0.1) is 0 Å². The van der Waals surface area contributed by atoms with Crippen LogP contribution in [0, 0.1) is 11.8 Å². The molecule has 0 aromatic heterocycles. The highest BCUT2D eigenvalue weighted by Gasteiger charge is 2.19. The number of hydrogen-bond donors (Lipinski definition) is 0. The number of carbonyl (C=O) groups is 3. The van der Waals surface area contributed by atoms with Crippen LogP contribution in [0.1, 0.15) is 285 Å². The summed E-state index contributed by atoms with van der Waals surface area (Å²) in [7, 11) is 0. The van der Waals surface area contributed by atoms with Gasteiger partial charge in [-0.25, -0.2) is 0 Å². The summed E-state index contributed by atoms with van der Waals surface area (Å²) >= 11 is 0. The molecule has 0 saturated heterocycles. The Labute approximate surface area is 361 Å². The molecule has 0 aliphatic rings. The van der Waals surface area contributed by atoms with Crippen LogP contribution in [0.3, 0.4) is 0 Å². The van der Waals surface area contributed by atoms with Gasteiger partial charge < -0.3 is 14.2 Å². The van der Waals surface area contributed by atoms with Gasteiger partial charge in [0.15, 0.2) is 6.10 Å². The third-order valence-corrected chi connectivity index (χ3v) is 11.7. The van der Waals surface area contributed by atoms with Crippen molar-refractivity contribution in [2.75, 3.05) is 13.2 Å². The van der Waals surface area contributed by atoms with Gasteiger partial charge in [-0.1, -0.05) is 247 Å². The number of esters is 3. The summed E-state index contributed by atoms with van der Waals surface area (Å²) < 4.78 is 16.8. The Morgan fingerprint density at radius 2 is 0.569 bits per heavy atom. The summed E-state index contributed by atoms with van der Waals surface area (Å²) in [5, 5.41) is 0. The largest absolute Gasteiger partial charge is 0.462 e. The average molecular weight is 821 g/mol. The van der Waals surface area contributed by atoms with E-state index in [4.69, 9.17) is 14.2 Å². The molecule has 6 heteroatoms. The van der Waals surface area contributed by atoms with Gasteiger partial charge in [-0.05, 0) is 31.1 Å². The first kappa shape index (κ1) is 56.4. The molecule has 0 aliphatic carbocycles. The zero-order valence-corrected chi connectivity index (χ0v) is 39.7. The predicted molar refractivity (Wildman–Crippen MR) is 247 cm³/mol. The topological polar surface area (TPSA) is 78.9 Å². The molecule has 0 aliphatic heterocycles. The van der Waals surface area contributed by atoms with Crippen LogP contribution in [-0.2, 0) is 28.6 Å². The maximum atomic E-state index is 12.7. The van der Waals surface area contributed by atoms with E-state index >= 15 is 0 Å². The third kappa shape index (κ3) is 45.5. The molecule has 58 heavy (non-hydrogen) atoms. The zero-order chi connectivity index (χ0) is 42.6. The molecule has 1 atom stereocenters. The molecule has 0 bridgehead atoms. The molecule has 344 valence electrons. The number of hydrogen-bond acceptors (Lipinski definition) is 6. The van der Waals surface area contributed by atoms with Crippen LogP contribution in [0.4, 0.5) is 0 Å². The fraction of sp³-hybridized carbons (Fsp3) is 0.942. The summed E-state index contributed by atoms with van der Waals surface area (Å²) in [4.78, 5) is 37.9. The van der Waals surface area contributed by atoms with Crippen molar-refractivity contribution < 1.29 is 28.6 Å². The molecule has 6 nitrogen and oxygen atoms in total. The molecule has 0 N–H and O–H groups in total. The maximum Gasteiger partial charge on any atom is 0.306 e. The van der Waals surface area contributed by atoms with Crippen molar-refractivity contribution in [2.45, 2.75) is 291 Å². The second kappa shape index (κ2) is 44.9. The number of carbonyl (C=O) groups excluding carboxylic acids is 3. The minimum Gasteiger partial charge on any atom is -0.462 e. The van der Waals surface area contributed by atoms with Crippen molar-refractivity contribution in [1.82, 2.24) is 0 Å². The number of ether oxygens (including phenoxy) is 3. The molecule has 0 fully saturated rings. The van der Waals surface area contributed by atoms with E-state index in [-0.39, 0.29) is 31.1 Å². The van der Waals surface area contributed by atoms with Crippen LogP contribution in [-0.4, -0.2) is 37.2 Å².